The number of nitrogens with one attached hydrogen (secondary N) is 1. The van der Waals surface area contributed by atoms with Crippen molar-refractivity contribution in [2.45, 2.75) is 80.3 Å². The van der Waals surface area contributed by atoms with Crippen LogP contribution in [0.15, 0.2) is 106 Å². The van der Waals surface area contributed by atoms with Gasteiger partial charge >= 0.3 is 5.97 Å². The second-order valence-electron chi connectivity index (χ2n) is 12.0. The first-order chi connectivity index (χ1) is 19.9. The van der Waals surface area contributed by atoms with E-state index in [9.17, 15) is 20.1 Å². The number of aliphatic hydroxyl groups is 2. The predicted octanol–water partition coefficient (Wildman–Crippen LogP) is 6.29. The van der Waals surface area contributed by atoms with Gasteiger partial charge in [0.25, 0.3) is 0 Å². The highest BCUT2D eigenvalue weighted by Gasteiger charge is 2.42. The van der Waals surface area contributed by atoms with Crippen LogP contribution in [0.4, 0.5) is 0 Å². The Balaban J connectivity index is 1.65. The van der Waals surface area contributed by atoms with E-state index in [2.05, 4.69) is 26.1 Å². The van der Waals surface area contributed by atoms with Gasteiger partial charge in [0.1, 0.15) is 5.76 Å². The Bertz CT molecular complexity index is 1710. The minimum atomic E-state index is -0.835. The number of aliphatic imine (C=N–C) groups is 3. The Labute approximate surface area is 246 Å². The van der Waals surface area contributed by atoms with Crippen LogP contribution >= 0.6 is 0 Å². The minimum Gasteiger partial charge on any atom is -0.511 e. The van der Waals surface area contributed by atoms with Crippen LogP contribution in [0.25, 0.3) is 0 Å². The van der Waals surface area contributed by atoms with Gasteiger partial charge in [-0.3, -0.25) is 4.79 Å². The largest absolute Gasteiger partial charge is 0.511 e. The first kappa shape index (κ1) is 28.1. The third-order valence-electron chi connectivity index (χ3n) is 9.57. The molecule has 8 bridgehead atoms. The van der Waals surface area contributed by atoms with Crippen molar-refractivity contribution in [3.05, 3.63) is 91.0 Å². The zero-order chi connectivity index (χ0) is 30.2. The molecule has 0 aromatic rings. The average molecular weight is 567 g/mol. The molecular weight excluding hydrogens is 528 g/mol. The monoisotopic (exact) mass is 566 g/mol. The smallest absolute Gasteiger partial charge is 0.303 e. The van der Waals surface area contributed by atoms with Crippen molar-refractivity contribution >= 4 is 23.1 Å². The van der Waals surface area contributed by atoms with Crippen molar-refractivity contribution in [3.63, 3.8) is 0 Å². The molecule has 3 atom stereocenters. The highest BCUT2D eigenvalue weighted by atomic mass is 16.4. The van der Waals surface area contributed by atoms with Gasteiger partial charge in [-0.2, -0.15) is 0 Å². The van der Waals surface area contributed by atoms with Crippen molar-refractivity contribution < 1.29 is 20.1 Å². The second kappa shape index (κ2) is 10.1. The fourth-order valence-electron chi connectivity index (χ4n) is 7.36. The summed E-state index contributed by atoms with van der Waals surface area (Å²) in [5, 5.41) is 35.3. The quantitative estimate of drug-likeness (QED) is 0.311. The summed E-state index contributed by atoms with van der Waals surface area (Å²) in [5.74, 6) is -0.651. The number of allylic oxidation sites excluding steroid dienone is 11. The average Bonchev–Trinajstić information content (AvgIpc) is 3.68. The van der Waals surface area contributed by atoms with Crippen LogP contribution < -0.4 is 5.32 Å². The van der Waals surface area contributed by atoms with Crippen molar-refractivity contribution in [1.29, 1.82) is 0 Å². The van der Waals surface area contributed by atoms with Crippen LogP contribution in [0.3, 0.4) is 0 Å². The molecule has 0 spiro atoms. The van der Waals surface area contributed by atoms with E-state index >= 15 is 0 Å². The second-order valence-corrected chi connectivity index (χ2v) is 12.0. The molecule has 5 heterocycles. The minimum absolute atomic E-state index is 0.0115. The van der Waals surface area contributed by atoms with Gasteiger partial charge in [-0.15, -0.1) is 0 Å². The Kier molecular flexibility index (Phi) is 6.72. The Morgan fingerprint density at radius 1 is 1.00 bits per heavy atom. The fourth-order valence-corrected chi connectivity index (χ4v) is 7.36. The number of carboxylic acids is 1. The SMILES string of the molecule is CCC1=C(C)C2=NC1=CC1=C(C)C3=C(O)CC(=C4NC(=C(C)C5=NC(=C2)C(C(C)O)=C5C)[C@@H](C)[C@@H]4CCC(=O)O)C3=N1. The molecule has 8 heteroatoms. The fraction of sp³-hybridized carbons (Fsp3) is 0.412. The van der Waals surface area contributed by atoms with Crippen molar-refractivity contribution in [2.24, 2.45) is 26.8 Å². The number of aliphatic carboxylic acids is 1. The van der Waals surface area contributed by atoms with E-state index in [1.165, 1.54) is 0 Å². The molecule has 6 rings (SSSR count). The maximum atomic E-state index is 11.7. The van der Waals surface area contributed by atoms with Gasteiger partial charge < -0.3 is 20.6 Å². The first-order valence-electron chi connectivity index (χ1n) is 14.8. The summed E-state index contributed by atoms with van der Waals surface area (Å²) in [4.78, 5) is 26.8. The zero-order valence-electron chi connectivity index (χ0n) is 25.3. The lowest BCUT2D eigenvalue weighted by Gasteiger charge is -2.17. The molecule has 1 saturated heterocycles. The van der Waals surface area contributed by atoms with Gasteiger partial charge in [0.05, 0.1) is 40.3 Å². The van der Waals surface area contributed by atoms with Gasteiger partial charge in [0, 0.05) is 52.8 Å². The van der Waals surface area contributed by atoms with Crippen molar-refractivity contribution in [2.75, 3.05) is 0 Å². The molecule has 0 aromatic carbocycles. The summed E-state index contributed by atoms with van der Waals surface area (Å²) in [5.41, 5.74) is 14.0. The Hall–Kier alpha value is -4.04. The normalized spacial score (nSPS) is 25.9. The number of carbonyl (C=O) groups is 1. The van der Waals surface area contributed by atoms with Crippen LogP contribution in [0, 0.1) is 11.8 Å². The lowest BCUT2D eigenvalue weighted by atomic mass is 9.85. The lowest BCUT2D eigenvalue weighted by molar-refractivity contribution is -0.137. The van der Waals surface area contributed by atoms with Crippen LogP contribution in [0.2, 0.25) is 0 Å². The highest BCUT2D eigenvalue weighted by Crippen LogP contribution is 2.47. The first-order valence-corrected chi connectivity index (χ1v) is 14.8. The van der Waals surface area contributed by atoms with E-state index in [0.717, 1.165) is 90.9 Å². The van der Waals surface area contributed by atoms with E-state index < -0.39 is 12.1 Å². The van der Waals surface area contributed by atoms with Crippen LogP contribution in [-0.2, 0) is 4.79 Å². The molecule has 1 aliphatic carbocycles. The summed E-state index contributed by atoms with van der Waals surface area (Å²) >= 11 is 0. The Morgan fingerprint density at radius 3 is 2.40 bits per heavy atom. The molecule has 0 saturated carbocycles. The van der Waals surface area contributed by atoms with Gasteiger partial charge in [-0.05, 0) is 87.5 Å². The number of fused-ring (bicyclic) bond motifs is 5. The Morgan fingerprint density at radius 2 is 1.74 bits per heavy atom. The van der Waals surface area contributed by atoms with Gasteiger partial charge in [-0.25, -0.2) is 15.0 Å². The molecule has 5 aliphatic heterocycles. The number of hydrogen-bond acceptors (Lipinski definition) is 7. The van der Waals surface area contributed by atoms with E-state index in [0.29, 0.717) is 18.5 Å². The van der Waals surface area contributed by atoms with E-state index in [-0.39, 0.29) is 24.0 Å². The number of rotatable bonds is 5. The third-order valence-corrected chi connectivity index (χ3v) is 9.57. The molecule has 0 radical (unpaired) electrons. The molecule has 8 nitrogen and oxygen atoms in total. The maximum Gasteiger partial charge on any atom is 0.303 e. The number of carboxylic acid groups (broad SMARTS) is 1. The molecule has 0 aromatic heterocycles. The van der Waals surface area contributed by atoms with E-state index in [4.69, 9.17) is 15.0 Å². The topological polar surface area (TPSA) is 127 Å². The predicted molar refractivity (Wildman–Crippen MR) is 165 cm³/mol. The number of aliphatic hydroxyl groups excluding tert-OH is 2. The summed E-state index contributed by atoms with van der Waals surface area (Å²) in [6.45, 7) is 14.1. The lowest BCUT2D eigenvalue weighted by Crippen LogP contribution is -2.16. The van der Waals surface area contributed by atoms with E-state index in [1.54, 1.807) is 6.92 Å². The highest BCUT2D eigenvalue weighted by molar-refractivity contribution is 6.21. The molecule has 218 valence electrons. The zero-order valence-corrected chi connectivity index (χ0v) is 25.3. The van der Waals surface area contributed by atoms with Gasteiger partial charge in [0.2, 0.25) is 0 Å². The summed E-state index contributed by atoms with van der Waals surface area (Å²) < 4.78 is 0. The summed E-state index contributed by atoms with van der Waals surface area (Å²) in [6, 6.07) is 0. The molecule has 6 aliphatic rings. The molecule has 0 amide bonds. The third kappa shape index (κ3) is 4.15. The van der Waals surface area contributed by atoms with Crippen LogP contribution in [0.1, 0.15) is 74.1 Å². The molecule has 1 fully saturated rings. The van der Waals surface area contributed by atoms with Gasteiger partial charge in [0.15, 0.2) is 0 Å². The van der Waals surface area contributed by atoms with Crippen LogP contribution in [0.5, 0.6) is 0 Å². The van der Waals surface area contributed by atoms with E-state index in [1.807, 2.05) is 32.9 Å². The number of nitrogens with zero attached hydrogens (tertiary/aromatic N) is 3. The molecule has 1 unspecified atom stereocenters. The van der Waals surface area contributed by atoms with Crippen LogP contribution in [-0.4, -0.2) is 44.5 Å². The summed E-state index contributed by atoms with van der Waals surface area (Å²) in [6.07, 6.45) is 4.90. The molecule has 4 N–H and O–H groups in total. The molecular formula is C34H38N4O4. The number of hydrogen-bond donors (Lipinski definition) is 4. The van der Waals surface area contributed by atoms with Gasteiger partial charge in [-0.1, -0.05) is 13.8 Å². The van der Waals surface area contributed by atoms with Crippen molar-refractivity contribution in [3.8, 4) is 0 Å². The standard InChI is InChI=1S/C34H38N4O4/c1-8-20-14(2)23-13-26-29(19(7)39)17(5)32(37-26)18(6)31-15(3)21(9-10-28(41)42)33(38-31)22-11-27(40)30-16(4)24(36-34(22)30)12-25(20)35-23/h12-13,15,19,21,38-40H,8-11H2,1-7H3,(H,41,42)/t15-,19?,21-/m0/s1. The molecule has 42 heavy (non-hydrogen) atoms. The van der Waals surface area contributed by atoms with Crippen molar-refractivity contribution in [1.82, 2.24) is 5.32 Å². The summed E-state index contributed by atoms with van der Waals surface area (Å²) in [7, 11) is 0. The maximum absolute atomic E-state index is 11.7.